The van der Waals surface area contributed by atoms with E-state index in [4.69, 9.17) is 22.2 Å². The minimum absolute atomic E-state index is 0.200. The predicted molar refractivity (Wildman–Crippen MR) is 78.2 cm³/mol. The molecule has 1 unspecified atom stereocenters. The van der Waals surface area contributed by atoms with Crippen molar-refractivity contribution in [3.8, 4) is 5.75 Å². The molecular weight excluding hydrogens is 279 g/mol. The Bertz CT molecular complexity index is 575. The number of hydrogen-bond donors (Lipinski definition) is 2. The number of halogens is 2. The van der Waals surface area contributed by atoms with E-state index < -0.39 is 0 Å². The van der Waals surface area contributed by atoms with Crippen LogP contribution in [-0.2, 0) is 6.42 Å². The molecule has 0 aliphatic carbocycles. The van der Waals surface area contributed by atoms with Gasteiger partial charge in [-0.2, -0.15) is 0 Å². The van der Waals surface area contributed by atoms with Gasteiger partial charge in [0, 0.05) is 5.02 Å². The summed E-state index contributed by atoms with van der Waals surface area (Å²) in [5, 5.41) is 0.650. The average molecular weight is 295 g/mol. The second-order valence-electron chi connectivity index (χ2n) is 4.41. The molecule has 0 aliphatic rings. The number of rotatable bonds is 5. The van der Waals surface area contributed by atoms with Crippen LogP contribution < -0.4 is 16.0 Å². The van der Waals surface area contributed by atoms with E-state index in [2.05, 4.69) is 5.43 Å². The van der Waals surface area contributed by atoms with Crippen molar-refractivity contribution in [3.63, 3.8) is 0 Å². The maximum absolute atomic E-state index is 14.1. The van der Waals surface area contributed by atoms with Crippen molar-refractivity contribution < 1.29 is 9.13 Å². The zero-order valence-electron chi connectivity index (χ0n) is 11.1. The zero-order valence-corrected chi connectivity index (χ0v) is 11.8. The van der Waals surface area contributed by atoms with Crippen molar-refractivity contribution in [1.29, 1.82) is 0 Å². The maximum Gasteiger partial charge on any atom is 0.168 e. The number of methoxy groups -OCH3 is 1. The zero-order chi connectivity index (χ0) is 14.5. The molecule has 0 amide bonds. The van der Waals surface area contributed by atoms with Gasteiger partial charge in [0.2, 0.25) is 0 Å². The normalized spacial score (nSPS) is 12.2. The first-order valence-electron chi connectivity index (χ1n) is 6.18. The molecule has 0 saturated heterocycles. The third kappa shape index (κ3) is 3.28. The number of ether oxygens (including phenoxy) is 1. The largest absolute Gasteiger partial charge is 0.494 e. The number of nitrogens with one attached hydrogen (secondary N) is 1. The Labute approximate surface area is 122 Å². The van der Waals surface area contributed by atoms with Crippen LogP contribution in [0.3, 0.4) is 0 Å². The molecule has 0 saturated carbocycles. The number of nitrogens with two attached hydrogens (primary N) is 1. The molecule has 2 rings (SSSR count). The second kappa shape index (κ2) is 6.70. The van der Waals surface area contributed by atoms with E-state index in [0.29, 0.717) is 17.0 Å². The quantitative estimate of drug-likeness (QED) is 0.657. The van der Waals surface area contributed by atoms with Gasteiger partial charge in [0.25, 0.3) is 0 Å². The van der Waals surface area contributed by atoms with Crippen LogP contribution in [0.5, 0.6) is 5.75 Å². The Morgan fingerprint density at radius 1 is 1.25 bits per heavy atom. The first-order chi connectivity index (χ1) is 9.65. The van der Waals surface area contributed by atoms with Crippen molar-refractivity contribution >= 4 is 11.6 Å². The van der Waals surface area contributed by atoms with E-state index in [1.54, 1.807) is 30.3 Å². The van der Waals surface area contributed by atoms with Gasteiger partial charge in [-0.1, -0.05) is 35.9 Å². The smallest absolute Gasteiger partial charge is 0.168 e. The van der Waals surface area contributed by atoms with Crippen LogP contribution >= 0.6 is 11.6 Å². The monoisotopic (exact) mass is 294 g/mol. The summed E-state index contributed by atoms with van der Waals surface area (Å²) in [6.07, 6.45) is 0.418. The predicted octanol–water partition coefficient (Wildman–Crippen LogP) is 3.23. The van der Waals surface area contributed by atoms with Gasteiger partial charge in [-0.05, 0) is 35.7 Å². The highest BCUT2D eigenvalue weighted by molar-refractivity contribution is 6.30. The van der Waals surface area contributed by atoms with E-state index in [9.17, 15) is 4.39 Å². The topological polar surface area (TPSA) is 47.3 Å². The molecule has 0 aromatic heterocycles. The minimum Gasteiger partial charge on any atom is -0.494 e. The van der Waals surface area contributed by atoms with Gasteiger partial charge in [0.15, 0.2) is 11.6 Å². The van der Waals surface area contributed by atoms with Gasteiger partial charge in [0.1, 0.15) is 0 Å². The van der Waals surface area contributed by atoms with Gasteiger partial charge < -0.3 is 4.74 Å². The highest BCUT2D eigenvalue weighted by Crippen LogP contribution is 2.25. The van der Waals surface area contributed by atoms with Crippen molar-refractivity contribution in [1.82, 2.24) is 5.43 Å². The summed E-state index contributed by atoms with van der Waals surface area (Å²) in [6, 6.07) is 12.2. The van der Waals surface area contributed by atoms with Crippen LogP contribution in [0.25, 0.3) is 0 Å². The summed E-state index contributed by atoms with van der Waals surface area (Å²) in [6.45, 7) is 0. The fraction of sp³-hybridized carbons (Fsp3) is 0.200. The van der Waals surface area contributed by atoms with Crippen molar-refractivity contribution in [3.05, 3.63) is 64.4 Å². The summed E-state index contributed by atoms with van der Waals surface area (Å²) in [7, 11) is 1.44. The van der Waals surface area contributed by atoms with E-state index in [1.807, 2.05) is 12.1 Å². The molecule has 0 spiro atoms. The molecule has 0 aliphatic heterocycles. The SMILES string of the molecule is COc1cccc(CC(NN)c2ccc(Cl)cc2)c1F. The van der Waals surface area contributed by atoms with Gasteiger partial charge in [-0.15, -0.1) is 0 Å². The molecule has 0 fully saturated rings. The molecular formula is C15H16ClFN2O. The summed E-state index contributed by atoms with van der Waals surface area (Å²) in [4.78, 5) is 0. The van der Waals surface area contributed by atoms with Crippen LogP contribution in [-0.4, -0.2) is 7.11 Å². The standard InChI is InChI=1S/C15H16ClFN2O/c1-20-14-4-2-3-11(15(14)17)9-13(19-18)10-5-7-12(16)8-6-10/h2-8,13,19H,9,18H2,1H3. The third-order valence-electron chi connectivity index (χ3n) is 3.16. The maximum atomic E-state index is 14.1. The van der Waals surface area contributed by atoms with Crippen LogP contribution in [0.2, 0.25) is 5.02 Å². The molecule has 3 N–H and O–H groups in total. The highest BCUT2D eigenvalue weighted by atomic mass is 35.5. The van der Waals surface area contributed by atoms with Crippen LogP contribution in [0.1, 0.15) is 17.2 Å². The minimum atomic E-state index is -0.357. The summed E-state index contributed by atoms with van der Waals surface area (Å²) in [5.74, 6) is 5.45. The number of hydrazine groups is 1. The molecule has 20 heavy (non-hydrogen) atoms. The molecule has 5 heteroatoms. The molecule has 0 radical (unpaired) electrons. The number of benzene rings is 2. The van der Waals surface area contributed by atoms with E-state index in [-0.39, 0.29) is 17.6 Å². The van der Waals surface area contributed by atoms with Crippen molar-refractivity contribution in [2.45, 2.75) is 12.5 Å². The molecule has 0 bridgehead atoms. The van der Waals surface area contributed by atoms with E-state index >= 15 is 0 Å². The van der Waals surface area contributed by atoms with Gasteiger partial charge in [0.05, 0.1) is 13.2 Å². The second-order valence-corrected chi connectivity index (χ2v) is 4.84. The third-order valence-corrected chi connectivity index (χ3v) is 3.41. The van der Waals surface area contributed by atoms with Crippen molar-refractivity contribution in [2.24, 2.45) is 5.84 Å². The first-order valence-corrected chi connectivity index (χ1v) is 6.56. The molecule has 2 aromatic rings. The molecule has 1 atom stereocenters. The fourth-order valence-corrected chi connectivity index (χ4v) is 2.19. The highest BCUT2D eigenvalue weighted by Gasteiger charge is 2.15. The van der Waals surface area contributed by atoms with Crippen LogP contribution in [0.15, 0.2) is 42.5 Å². The van der Waals surface area contributed by atoms with Crippen LogP contribution in [0.4, 0.5) is 4.39 Å². The molecule has 2 aromatic carbocycles. The number of hydrogen-bond acceptors (Lipinski definition) is 3. The summed E-state index contributed by atoms with van der Waals surface area (Å²) >= 11 is 5.86. The van der Waals surface area contributed by atoms with Gasteiger partial charge in [-0.3, -0.25) is 11.3 Å². The summed E-state index contributed by atoms with van der Waals surface area (Å²) < 4.78 is 19.1. The Morgan fingerprint density at radius 2 is 1.95 bits per heavy atom. The Kier molecular flexibility index (Phi) is 4.95. The van der Waals surface area contributed by atoms with Gasteiger partial charge in [-0.25, -0.2) is 4.39 Å². The fourth-order valence-electron chi connectivity index (χ4n) is 2.06. The molecule has 106 valence electrons. The lowest BCUT2D eigenvalue weighted by Crippen LogP contribution is -2.29. The van der Waals surface area contributed by atoms with E-state index in [1.165, 1.54) is 7.11 Å². The lowest BCUT2D eigenvalue weighted by Gasteiger charge is -2.17. The Hall–Kier alpha value is -1.62. The lowest BCUT2D eigenvalue weighted by atomic mass is 9.99. The van der Waals surface area contributed by atoms with Crippen molar-refractivity contribution in [2.75, 3.05) is 7.11 Å². The average Bonchev–Trinajstić information content (AvgIpc) is 2.47. The molecule has 3 nitrogen and oxygen atoms in total. The van der Waals surface area contributed by atoms with E-state index in [0.717, 1.165) is 5.56 Å². The lowest BCUT2D eigenvalue weighted by molar-refractivity contribution is 0.382. The first kappa shape index (κ1) is 14.8. The summed E-state index contributed by atoms with van der Waals surface area (Å²) in [5.41, 5.74) is 4.19. The van der Waals surface area contributed by atoms with Gasteiger partial charge >= 0.3 is 0 Å². The Balaban J connectivity index is 2.24. The van der Waals surface area contributed by atoms with Crippen LogP contribution in [0, 0.1) is 5.82 Å². The Morgan fingerprint density at radius 3 is 2.55 bits per heavy atom. The molecule has 0 heterocycles.